The summed E-state index contributed by atoms with van der Waals surface area (Å²) in [6, 6.07) is 10.2. The van der Waals surface area contributed by atoms with Crippen molar-refractivity contribution in [1.82, 2.24) is 15.3 Å². The van der Waals surface area contributed by atoms with Crippen LogP contribution in [0.4, 0.5) is 5.82 Å². The van der Waals surface area contributed by atoms with E-state index < -0.39 is 0 Å². The van der Waals surface area contributed by atoms with E-state index in [0.29, 0.717) is 0 Å². The van der Waals surface area contributed by atoms with Crippen LogP contribution in [0.3, 0.4) is 0 Å². The molecule has 4 nitrogen and oxygen atoms in total. The Hall–Kier alpha value is -1.94. The summed E-state index contributed by atoms with van der Waals surface area (Å²) < 4.78 is 0. The van der Waals surface area contributed by atoms with Gasteiger partial charge in [-0.3, -0.25) is 4.98 Å². The predicted molar refractivity (Wildman–Crippen MR) is 78.0 cm³/mol. The lowest BCUT2D eigenvalue weighted by Crippen LogP contribution is -2.19. The van der Waals surface area contributed by atoms with E-state index in [1.165, 1.54) is 5.56 Å². The van der Waals surface area contributed by atoms with Gasteiger partial charge < -0.3 is 10.2 Å². The van der Waals surface area contributed by atoms with E-state index in [4.69, 9.17) is 0 Å². The molecule has 1 N–H and O–H groups in total. The van der Waals surface area contributed by atoms with Crippen molar-refractivity contribution in [1.29, 1.82) is 0 Å². The van der Waals surface area contributed by atoms with Crippen molar-refractivity contribution in [2.45, 2.75) is 20.0 Å². The lowest BCUT2D eigenvalue weighted by Gasteiger charge is -2.18. The van der Waals surface area contributed by atoms with Crippen molar-refractivity contribution in [2.75, 3.05) is 18.5 Å². The maximum absolute atomic E-state index is 4.65. The van der Waals surface area contributed by atoms with E-state index in [1.807, 2.05) is 31.4 Å². The Morgan fingerprint density at radius 3 is 2.84 bits per heavy atom. The molecule has 0 aromatic carbocycles. The van der Waals surface area contributed by atoms with Crippen LogP contribution in [0.15, 0.2) is 42.7 Å². The Kier molecular flexibility index (Phi) is 4.86. The van der Waals surface area contributed by atoms with Crippen LogP contribution in [0.1, 0.15) is 18.2 Å². The fourth-order valence-electron chi connectivity index (χ4n) is 1.88. The Morgan fingerprint density at radius 1 is 1.21 bits per heavy atom. The second-order valence-corrected chi connectivity index (χ2v) is 4.48. The van der Waals surface area contributed by atoms with E-state index >= 15 is 0 Å². The normalized spacial score (nSPS) is 10.4. The van der Waals surface area contributed by atoms with Crippen molar-refractivity contribution in [2.24, 2.45) is 0 Å². The average Bonchev–Trinajstić information content (AvgIpc) is 2.46. The molecular weight excluding hydrogens is 236 g/mol. The molecule has 0 saturated carbocycles. The van der Waals surface area contributed by atoms with Gasteiger partial charge in [0.05, 0.1) is 5.69 Å². The molecule has 0 amide bonds. The Balaban J connectivity index is 2.04. The van der Waals surface area contributed by atoms with Crippen LogP contribution in [0.2, 0.25) is 0 Å². The number of hydrogen-bond acceptors (Lipinski definition) is 4. The van der Waals surface area contributed by atoms with E-state index in [-0.39, 0.29) is 0 Å². The molecule has 0 atom stereocenters. The molecular formula is C15H20N4. The number of rotatable bonds is 6. The van der Waals surface area contributed by atoms with Gasteiger partial charge in [-0.1, -0.05) is 19.1 Å². The molecule has 0 radical (unpaired) electrons. The number of nitrogens with one attached hydrogen (secondary N) is 1. The van der Waals surface area contributed by atoms with Crippen molar-refractivity contribution >= 4 is 5.82 Å². The van der Waals surface area contributed by atoms with Gasteiger partial charge in [0.2, 0.25) is 0 Å². The highest BCUT2D eigenvalue weighted by atomic mass is 15.2. The summed E-state index contributed by atoms with van der Waals surface area (Å²) in [5.74, 6) is 0.985. The fourth-order valence-corrected chi connectivity index (χ4v) is 1.88. The van der Waals surface area contributed by atoms with Gasteiger partial charge in [0.15, 0.2) is 0 Å². The highest BCUT2D eigenvalue weighted by Gasteiger charge is 2.04. The minimum absolute atomic E-state index is 0.811. The molecule has 2 aromatic heterocycles. The average molecular weight is 256 g/mol. The summed E-state index contributed by atoms with van der Waals surface area (Å²) in [5, 5.41) is 3.29. The number of nitrogens with zero attached hydrogens (tertiary/aromatic N) is 3. The van der Waals surface area contributed by atoms with Crippen LogP contribution < -0.4 is 10.2 Å². The number of pyridine rings is 2. The maximum Gasteiger partial charge on any atom is 0.128 e. The van der Waals surface area contributed by atoms with E-state index in [1.54, 1.807) is 6.20 Å². The summed E-state index contributed by atoms with van der Waals surface area (Å²) in [6.07, 6.45) is 3.68. The van der Waals surface area contributed by atoms with E-state index in [9.17, 15) is 0 Å². The van der Waals surface area contributed by atoms with Gasteiger partial charge in [0.1, 0.15) is 5.82 Å². The van der Waals surface area contributed by atoms with Crippen LogP contribution in [0.5, 0.6) is 0 Å². The number of anilines is 1. The molecule has 0 aliphatic rings. The second kappa shape index (κ2) is 6.85. The third-order valence-corrected chi connectivity index (χ3v) is 2.88. The van der Waals surface area contributed by atoms with Crippen LogP contribution >= 0.6 is 0 Å². The fraction of sp³-hybridized carbons (Fsp3) is 0.333. The molecule has 0 aliphatic carbocycles. The molecule has 0 bridgehead atoms. The van der Waals surface area contributed by atoms with Gasteiger partial charge in [-0.05, 0) is 30.3 Å². The molecule has 4 heteroatoms. The van der Waals surface area contributed by atoms with Crippen molar-refractivity contribution < 1.29 is 0 Å². The summed E-state index contributed by atoms with van der Waals surface area (Å²) in [6.45, 7) is 4.67. The summed E-state index contributed by atoms with van der Waals surface area (Å²) in [7, 11) is 2.05. The molecule has 2 rings (SSSR count). The zero-order valence-electron chi connectivity index (χ0n) is 11.5. The van der Waals surface area contributed by atoms with Gasteiger partial charge in [-0.15, -0.1) is 0 Å². The number of hydrogen-bond donors (Lipinski definition) is 1. The molecule has 2 heterocycles. The lowest BCUT2D eigenvalue weighted by molar-refractivity contribution is 0.708. The quantitative estimate of drug-likeness (QED) is 0.860. The minimum Gasteiger partial charge on any atom is -0.355 e. The summed E-state index contributed by atoms with van der Waals surface area (Å²) in [4.78, 5) is 10.9. The monoisotopic (exact) mass is 256 g/mol. The highest BCUT2D eigenvalue weighted by molar-refractivity contribution is 5.39. The zero-order chi connectivity index (χ0) is 13.5. The summed E-state index contributed by atoms with van der Waals surface area (Å²) >= 11 is 0. The predicted octanol–water partition coefficient (Wildman–Crippen LogP) is 2.22. The first kappa shape index (κ1) is 13.5. The smallest absolute Gasteiger partial charge is 0.128 e. The van der Waals surface area contributed by atoms with Crippen molar-refractivity contribution in [3.8, 4) is 0 Å². The Labute approximate surface area is 114 Å². The zero-order valence-corrected chi connectivity index (χ0v) is 11.5. The van der Waals surface area contributed by atoms with Gasteiger partial charge in [-0.2, -0.15) is 0 Å². The lowest BCUT2D eigenvalue weighted by atomic mass is 10.2. The molecule has 100 valence electrons. The highest BCUT2D eigenvalue weighted by Crippen LogP contribution is 2.12. The van der Waals surface area contributed by atoms with Crippen LogP contribution in [0, 0.1) is 0 Å². The Morgan fingerprint density at radius 2 is 2.11 bits per heavy atom. The third-order valence-electron chi connectivity index (χ3n) is 2.88. The number of aromatic nitrogens is 2. The largest absolute Gasteiger partial charge is 0.355 e. The van der Waals surface area contributed by atoms with Gasteiger partial charge >= 0.3 is 0 Å². The van der Waals surface area contributed by atoms with Crippen LogP contribution in [-0.4, -0.2) is 23.6 Å². The molecule has 19 heavy (non-hydrogen) atoms. The van der Waals surface area contributed by atoms with Crippen molar-refractivity contribution in [3.63, 3.8) is 0 Å². The second-order valence-electron chi connectivity index (χ2n) is 4.48. The molecule has 0 saturated heterocycles. The van der Waals surface area contributed by atoms with Gasteiger partial charge in [0.25, 0.3) is 0 Å². The maximum atomic E-state index is 4.65. The van der Waals surface area contributed by atoms with Gasteiger partial charge in [-0.25, -0.2) is 4.98 Å². The van der Waals surface area contributed by atoms with Crippen LogP contribution in [-0.2, 0) is 13.1 Å². The van der Waals surface area contributed by atoms with Gasteiger partial charge in [0, 0.05) is 32.5 Å². The molecule has 0 unspecified atom stereocenters. The Bertz CT molecular complexity index is 499. The molecule has 0 fully saturated rings. The topological polar surface area (TPSA) is 41.0 Å². The first-order chi connectivity index (χ1) is 9.29. The molecule has 0 spiro atoms. The first-order valence-electron chi connectivity index (χ1n) is 6.56. The third kappa shape index (κ3) is 4.03. The van der Waals surface area contributed by atoms with Crippen LogP contribution in [0.25, 0.3) is 0 Å². The SMILES string of the molecule is CCNCc1cccc(N(C)Cc2cccnc2)n1. The molecule has 0 aliphatic heterocycles. The summed E-state index contributed by atoms with van der Waals surface area (Å²) in [5.41, 5.74) is 2.25. The minimum atomic E-state index is 0.811. The van der Waals surface area contributed by atoms with E-state index in [2.05, 4.69) is 39.2 Å². The molecule has 2 aromatic rings. The van der Waals surface area contributed by atoms with Crippen molar-refractivity contribution in [3.05, 3.63) is 54.0 Å². The first-order valence-corrected chi connectivity index (χ1v) is 6.56. The standard InChI is InChI=1S/C15H20N4/c1-3-16-11-14-7-4-8-15(18-14)19(2)12-13-6-5-9-17-10-13/h4-10,16H,3,11-12H2,1-2H3. The van der Waals surface area contributed by atoms with E-state index in [0.717, 1.165) is 31.1 Å².